The van der Waals surface area contributed by atoms with Gasteiger partial charge >= 0.3 is 0 Å². The Morgan fingerprint density at radius 1 is 1.00 bits per heavy atom. The molecule has 0 saturated heterocycles. The third-order valence-electron chi connectivity index (χ3n) is 2.19. The highest BCUT2D eigenvalue weighted by Gasteiger charge is 2.13. The molecule has 0 aromatic heterocycles. The minimum atomic E-state index is -4.35. The van der Waals surface area contributed by atoms with Crippen LogP contribution in [0.3, 0.4) is 0 Å². The quantitative estimate of drug-likeness (QED) is 0.656. The van der Waals surface area contributed by atoms with Crippen molar-refractivity contribution >= 4 is 20.9 Å². The molecule has 0 amide bonds. The molecule has 0 unspecified atom stereocenters. The highest BCUT2D eigenvalue weighted by molar-refractivity contribution is 7.85. The van der Waals surface area contributed by atoms with Crippen LogP contribution in [0.1, 0.15) is 0 Å². The Balaban J connectivity index is 2.84. The molecule has 0 bridgehead atoms. The lowest BCUT2D eigenvalue weighted by molar-refractivity contribution is 0.468. The van der Waals surface area contributed by atoms with Gasteiger partial charge in [-0.05, 0) is 23.6 Å². The lowest BCUT2D eigenvalue weighted by atomic mass is 10.1. The number of aromatic hydroxyl groups is 2. The molecule has 16 heavy (non-hydrogen) atoms. The second kappa shape index (κ2) is 3.36. The van der Waals surface area contributed by atoms with E-state index in [1.54, 1.807) is 0 Å². The van der Waals surface area contributed by atoms with Crippen molar-refractivity contribution in [1.29, 1.82) is 0 Å². The molecule has 0 saturated carbocycles. The van der Waals surface area contributed by atoms with E-state index in [1.165, 1.54) is 24.3 Å². The topological polar surface area (TPSA) is 94.8 Å². The molecule has 2 aromatic rings. The summed E-state index contributed by atoms with van der Waals surface area (Å²) in [6, 6.07) is 6.24. The van der Waals surface area contributed by atoms with Crippen LogP contribution in [0.4, 0.5) is 0 Å². The molecular weight excluding hydrogens is 232 g/mol. The van der Waals surface area contributed by atoms with Crippen LogP contribution in [-0.4, -0.2) is 23.2 Å². The van der Waals surface area contributed by atoms with E-state index in [-0.39, 0.29) is 16.4 Å². The van der Waals surface area contributed by atoms with Gasteiger partial charge in [0.1, 0.15) is 11.5 Å². The Labute approximate surface area is 91.3 Å². The Morgan fingerprint density at radius 3 is 2.31 bits per heavy atom. The van der Waals surface area contributed by atoms with Crippen molar-refractivity contribution in [3.05, 3.63) is 30.3 Å². The lowest BCUT2D eigenvalue weighted by Crippen LogP contribution is -1.97. The van der Waals surface area contributed by atoms with Crippen LogP contribution in [0.5, 0.6) is 11.5 Å². The number of fused-ring (bicyclic) bond motifs is 1. The van der Waals surface area contributed by atoms with Crippen LogP contribution >= 0.6 is 0 Å². The Hall–Kier alpha value is -1.79. The van der Waals surface area contributed by atoms with Gasteiger partial charge in [-0.15, -0.1) is 0 Å². The summed E-state index contributed by atoms with van der Waals surface area (Å²) >= 11 is 0. The maximum absolute atomic E-state index is 10.9. The average Bonchev–Trinajstić information content (AvgIpc) is 2.17. The van der Waals surface area contributed by atoms with Gasteiger partial charge in [-0.1, -0.05) is 6.07 Å². The standard InChI is InChI=1S/C10H8O5S/c11-7-2-1-6-3-8(16(13,14)15)5-10(12)9(6)4-7/h1-5,11-12H,(H,13,14,15). The van der Waals surface area contributed by atoms with Crippen LogP contribution in [-0.2, 0) is 10.1 Å². The van der Waals surface area contributed by atoms with E-state index in [1.807, 2.05) is 0 Å². The Bertz CT molecular complexity index is 660. The van der Waals surface area contributed by atoms with E-state index < -0.39 is 10.1 Å². The second-order valence-electron chi connectivity index (χ2n) is 3.32. The van der Waals surface area contributed by atoms with Gasteiger partial charge in [-0.3, -0.25) is 4.55 Å². The minimum absolute atomic E-state index is 0.0394. The van der Waals surface area contributed by atoms with Crippen LogP contribution in [0, 0.1) is 0 Å². The zero-order chi connectivity index (χ0) is 11.9. The second-order valence-corrected chi connectivity index (χ2v) is 4.74. The highest BCUT2D eigenvalue weighted by Crippen LogP contribution is 2.30. The molecule has 0 aliphatic rings. The summed E-state index contributed by atoms with van der Waals surface area (Å²) in [7, 11) is -4.35. The average molecular weight is 240 g/mol. The Kier molecular flexibility index (Phi) is 2.25. The number of hydrogen-bond acceptors (Lipinski definition) is 4. The summed E-state index contributed by atoms with van der Waals surface area (Å²) in [5.41, 5.74) is 0. The molecule has 2 rings (SSSR count). The normalized spacial score (nSPS) is 11.8. The van der Waals surface area contributed by atoms with Crippen molar-refractivity contribution in [3.8, 4) is 11.5 Å². The fourth-order valence-electron chi connectivity index (χ4n) is 1.45. The van der Waals surface area contributed by atoms with Gasteiger partial charge in [0.15, 0.2) is 0 Å². The van der Waals surface area contributed by atoms with Gasteiger partial charge in [-0.2, -0.15) is 8.42 Å². The van der Waals surface area contributed by atoms with Crippen molar-refractivity contribution in [2.45, 2.75) is 4.90 Å². The smallest absolute Gasteiger partial charge is 0.294 e. The first-order valence-corrected chi connectivity index (χ1v) is 5.75. The summed E-state index contributed by atoms with van der Waals surface area (Å²) in [5.74, 6) is -0.358. The van der Waals surface area contributed by atoms with Crippen LogP contribution in [0.25, 0.3) is 10.8 Å². The first-order chi connectivity index (χ1) is 7.38. The molecule has 0 fully saturated rings. The molecule has 0 atom stereocenters. The summed E-state index contributed by atoms with van der Waals surface area (Å²) in [6.07, 6.45) is 0. The van der Waals surface area contributed by atoms with Crippen molar-refractivity contribution < 1.29 is 23.2 Å². The van der Waals surface area contributed by atoms with E-state index >= 15 is 0 Å². The molecular formula is C10H8O5S. The van der Waals surface area contributed by atoms with Gasteiger partial charge in [0.25, 0.3) is 10.1 Å². The molecule has 0 heterocycles. The molecule has 6 heteroatoms. The molecule has 0 aliphatic carbocycles. The van der Waals surface area contributed by atoms with Crippen molar-refractivity contribution in [2.24, 2.45) is 0 Å². The SMILES string of the molecule is O=S(=O)(O)c1cc(O)c2cc(O)ccc2c1. The predicted octanol–water partition coefficient (Wildman–Crippen LogP) is 1.50. The van der Waals surface area contributed by atoms with Gasteiger partial charge in [0.2, 0.25) is 0 Å². The predicted molar refractivity (Wildman–Crippen MR) is 57.1 cm³/mol. The summed E-state index contributed by atoms with van der Waals surface area (Å²) in [5, 5.41) is 19.5. The van der Waals surface area contributed by atoms with E-state index in [0.717, 1.165) is 6.07 Å². The molecule has 5 nitrogen and oxygen atoms in total. The molecule has 2 aromatic carbocycles. The van der Waals surface area contributed by atoms with E-state index in [4.69, 9.17) is 4.55 Å². The Morgan fingerprint density at radius 2 is 1.69 bits per heavy atom. The van der Waals surface area contributed by atoms with Crippen molar-refractivity contribution in [1.82, 2.24) is 0 Å². The largest absolute Gasteiger partial charge is 0.508 e. The van der Waals surface area contributed by atoms with Crippen molar-refractivity contribution in [3.63, 3.8) is 0 Å². The van der Waals surface area contributed by atoms with Gasteiger partial charge in [-0.25, -0.2) is 0 Å². The lowest BCUT2D eigenvalue weighted by Gasteiger charge is -2.04. The van der Waals surface area contributed by atoms with E-state index in [2.05, 4.69) is 0 Å². The minimum Gasteiger partial charge on any atom is -0.508 e. The number of phenols is 2. The van der Waals surface area contributed by atoms with Crippen LogP contribution in [0.15, 0.2) is 35.2 Å². The fraction of sp³-hybridized carbons (Fsp3) is 0. The summed E-state index contributed by atoms with van der Waals surface area (Å²) in [4.78, 5) is -0.386. The van der Waals surface area contributed by atoms with Crippen molar-refractivity contribution in [2.75, 3.05) is 0 Å². The van der Waals surface area contributed by atoms with Crippen LogP contribution < -0.4 is 0 Å². The first kappa shape index (κ1) is 10.7. The molecule has 0 spiro atoms. The van der Waals surface area contributed by atoms with E-state index in [0.29, 0.717) is 10.8 Å². The van der Waals surface area contributed by atoms with Gasteiger partial charge < -0.3 is 10.2 Å². The number of phenolic OH excluding ortho intramolecular Hbond substituents is 2. The molecule has 0 aliphatic heterocycles. The number of rotatable bonds is 1. The van der Waals surface area contributed by atoms with Gasteiger partial charge in [0.05, 0.1) is 4.90 Å². The van der Waals surface area contributed by atoms with Gasteiger partial charge in [0, 0.05) is 11.5 Å². The number of hydrogen-bond donors (Lipinski definition) is 3. The highest BCUT2D eigenvalue weighted by atomic mass is 32.2. The summed E-state index contributed by atoms with van der Waals surface area (Å²) < 4.78 is 30.6. The summed E-state index contributed by atoms with van der Waals surface area (Å²) in [6.45, 7) is 0. The van der Waals surface area contributed by atoms with E-state index in [9.17, 15) is 18.6 Å². The zero-order valence-electron chi connectivity index (χ0n) is 7.95. The maximum atomic E-state index is 10.9. The van der Waals surface area contributed by atoms with Crippen LogP contribution in [0.2, 0.25) is 0 Å². The molecule has 0 radical (unpaired) electrons. The third-order valence-corrected chi connectivity index (χ3v) is 3.02. The third kappa shape index (κ3) is 1.80. The maximum Gasteiger partial charge on any atom is 0.294 e. The monoisotopic (exact) mass is 240 g/mol. The molecule has 84 valence electrons. The fourth-order valence-corrected chi connectivity index (χ4v) is 1.98. The first-order valence-electron chi connectivity index (χ1n) is 4.31. The molecule has 3 N–H and O–H groups in total. The zero-order valence-corrected chi connectivity index (χ0v) is 8.77. The number of benzene rings is 2.